The highest BCUT2D eigenvalue weighted by atomic mass is 16.4. The highest BCUT2D eigenvalue weighted by molar-refractivity contribution is 5.98. The fourth-order valence-electron chi connectivity index (χ4n) is 2.50. The number of amides is 2. The van der Waals surface area contributed by atoms with Gasteiger partial charge in [-0.05, 0) is 24.5 Å². The van der Waals surface area contributed by atoms with Crippen LogP contribution in [0.25, 0.3) is 0 Å². The van der Waals surface area contributed by atoms with Crippen LogP contribution in [0.2, 0.25) is 0 Å². The quantitative estimate of drug-likeness (QED) is 0.627. The summed E-state index contributed by atoms with van der Waals surface area (Å²) in [5, 5.41) is 21.7. The number of nitrogens with zero attached hydrogens (tertiary/aromatic N) is 3. The maximum atomic E-state index is 12.5. The van der Waals surface area contributed by atoms with E-state index in [1.165, 1.54) is 10.9 Å². The summed E-state index contributed by atoms with van der Waals surface area (Å²) in [4.78, 5) is 35.7. The summed E-state index contributed by atoms with van der Waals surface area (Å²) in [6, 6.07) is 6.44. The summed E-state index contributed by atoms with van der Waals surface area (Å²) in [6.07, 6.45) is 1.45. The number of benzene rings is 1. The van der Waals surface area contributed by atoms with Gasteiger partial charge < -0.3 is 15.7 Å². The molecule has 1 unspecified atom stereocenters. The molecule has 0 bridgehead atoms. The molecule has 1 atom stereocenters. The van der Waals surface area contributed by atoms with Gasteiger partial charge in [-0.1, -0.05) is 37.3 Å². The molecule has 1 aromatic carbocycles. The van der Waals surface area contributed by atoms with Crippen LogP contribution in [0.1, 0.15) is 35.5 Å². The molecular weight excluding hydrogens is 350 g/mol. The number of rotatable bonds is 8. The SMILES string of the molecule is Cc1ccccc1C(=O)NC(C(=O)NCc1cn(CC(=O)O)nn1)C(C)C. The fourth-order valence-corrected chi connectivity index (χ4v) is 2.50. The van der Waals surface area contributed by atoms with Crippen LogP contribution < -0.4 is 10.6 Å². The second-order valence-electron chi connectivity index (χ2n) is 6.53. The van der Waals surface area contributed by atoms with Gasteiger partial charge in [-0.2, -0.15) is 0 Å². The van der Waals surface area contributed by atoms with Crippen LogP contribution in [0.5, 0.6) is 0 Å². The molecule has 27 heavy (non-hydrogen) atoms. The third-order valence-corrected chi connectivity index (χ3v) is 3.95. The highest BCUT2D eigenvalue weighted by Gasteiger charge is 2.25. The smallest absolute Gasteiger partial charge is 0.325 e. The van der Waals surface area contributed by atoms with E-state index in [2.05, 4.69) is 20.9 Å². The Morgan fingerprint density at radius 1 is 1.22 bits per heavy atom. The van der Waals surface area contributed by atoms with Gasteiger partial charge >= 0.3 is 5.97 Å². The number of carbonyl (C=O) groups is 3. The van der Waals surface area contributed by atoms with E-state index in [4.69, 9.17) is 5.11 Å². The molecule has 0 aliphatic rings. The summed E-state index contributed by atoms with van der Waals surface area (Å²) in [5.74, 6) is -1.82. The molecule has 2 rings (SSSR count). The van der Waals surface area contributed by atoms with Crippen LogP contribution in [-0.2, 0) is 22.7 Å². The summed E-state index contributed by atoms with van der Waals surface area (Å²) < 4.78 is 1.17. The first-order chi connectivity index (χ1) is 12.8. The van der Waals surface area contributed by atoms with Gasteiger partial charge in [0.15, 0.2) is 0 Å². The molecule has 0 spiro atoms. The number of nitrogens with one attached hydrogen (secondary N) is 2. The lowest BCUT2D eigenvalue weighted by atomic mass is 10.0. The summed E-state index contributed by atoms with van der Waals surface area (Å²) in [5.41, 5.74) is 1.78. The minimum absolute atomic E-state index is 0.0852. The maximum absolute atomic E-state index is 12.5. The minimum atomic E-state index is -1.03. The number of carboxylic acids is 1. The molecule has 0 aliphatic heterocycles. The molecule has 0 radical (unpaired) electrons. The zero-order chi connectivity index (χ0) is 20.0. The molecule has 1 aromatic heterocycles. The van der Waals surface area contributed by atoms with Crippen molar-refractivity contribution in [3.05, 3.63) is 47.3 Å². The number of aliphatic carboxylic acids is 1. The lowest BCUT2D eigenvalue weighted by Crippen LogP contribution is -2.49. The zero-order valence-corrected chi connectivity index (χ0v) is 15.5. The first kappa shape index (κ1) is 20.1. The normalized spacial score (nSPS) is 11.9. The van der Waals surface area contributed by atoms with Crippen molar-refractivity contribution >= 4 is 17.8 Å². The summed E-state index contributed by atoms with van der Waals surface area (Å²) in [6.45, 7) is 5.29. The number of hydrogen-bond donors (Lipinski definition) is 3. The first-order valence-electron chi connectivity index (χ1n) is 8.53. The Labute approximate surface area is 156 Å². The van der Waals surface area contributed by atoms with Crippen molar-refractivity contribution in [1.82, 2.24) is 25.6 Å². The average Bonchev–Trinajstić information content (AvgIpc) is 3.04. The number of hydrogen-bond acceptors (Lipinski definition) is 5. The second-order valence-corrected chi connectivity index (χ2v) is 6.53. The predicted molar refractivity (Wildman–Crippen MR) is 96.8 cm³/mol. The standard InChI is InChI=1S/C18H23N5O4/c1-11(2)16(20-17(26)14-7-5-4-6-12(14)3)18(27)19-8-13-9-23(22-21-13)10-15(24)25/h4-7,9,11,16H,8,10H2,1-3H3,(H,19,27)(H,20,26)(H,24,25). The van der Waals surface area contributed by atoms with Gasteiger partial charge in [0.1, 0.15) is 18.3 Å². The molecular formula is C18H23N5O4. The third kappa shape index (κ3) is 5.63. The fraction of sp³-hybridized carbons (Fsp3) is 0.389. The van der Waals surface area contributed by atoms with Gasteiger partial charge in [-0.3, -0.25) is 14.4 Å². The van der Waals surface area contributed by atoms with E-state index >= 15 is 0 Å². The van der Waals surface area contributed by atoms with Gasteiger partial charge in [0.25, 0.3) is 5.91 Å². The van der Waals surface area contributed by atoms with Crippen molar-refractivity contribution in [3.8, 4) is 0 Å². The molecule has 0 fully saturated rings. The number of carbonyl (C=O) groups excluding carboxylic acids is 2. The van der Waals surface area contributed by atoms with E-state index in [1.807, 2.05) is 32.9 Å². The predicted octanol–water partition coefficient (Wildman–Crippen LogP) is 0.742. The van der Waals surface area contributed by atoms with Crippen molar-refractivity contribution < 1.29 is 19.5 Å². The Morgan fingerprint density at radius 3 is 2.56 bits per heavy atom. The zero-order valence-electron chi connectivity index (χ0n) is 15.5. The van der Waals surface area contributed by atoms with Crippen LogP contribution in [0, 0.1) is 12.8 Å². The van der Waals surface area contributed by atoms with Gasteiger partial charge in [0, 0.05) is 5.56 Å². The van der Waals surface area contributed by atoms with Crippen molar-refractivity contribution in [2.75, 3.05) is 0 Å². The van der Waals surface area contributed by atoms with Crippen LogP contribution in [0.15, 0.2) is 30.5 Å². The van der Waals surface area contributed by atoms with Crippen LogP contribution in [0.4, 0.5) is 0 Å². The molecule has 0 saturated heterocycles. The Hall–Kier alpha value is -3.23. The Morgan fingerprint density at radius 2 is 1.93 bits per heavy atom. The van der Waals surface area contributed by atoms with E-state index in [1.54, 1.807) is 12.1 Å². The van der Waals surface area contributed by atoms with Crippen molar-refractivity contribution in [1.29, 1.82) is 0 Å². The third-order valence-electron chi connectivity index (χ3n) is 3.95. The summed E-state index contributed by atoms with van der Waals surface area (Å²) >= 11 is 0. The molecule has 144 valence electrons. The number of carboxylic acid groups (broad SMARTS) is 1. The Balaban J connectivity index is 1.98. The van der Waals surface area contributed by atoms with Crippen LogP contribution >= 0.6 is 0 Å². The van der Waals surface area contributed by atoms with Gasteiger partial charge in [-0.25, -0.2) is 4.68 Å². The summed E-state index contributed by atoms with van der Waals surface area (Å²) in [7, 11) is 0. The topological polar surface area (TPSA) is 126 Å². The molecule has 0 saturated carbocycles. The largest absolute Gasteiger partial charge is 0.480 e. The van der Waals surface area contributed by atoms with E-state index < -0.39 is 12.0 Å². The maximum Gasteiger partial charge on any atom is 0.325 e. The van der Waals surface area contributed by atoms with Crippen molar-refractivity contribution in [2.45, 2.75) is 39.9 Å². The van der Waals surface area contributed by atoms with E-state index in [-0.39, 0.29) is 30.8 Å². The molecule has 3 N–H and O–H groups in total. The van der Waals surface area contributed by atoms with Gasteiger partial charge in [-0.15, -0.1) is 5.10 Å². The second kappa shape index (κ2) is 8.93. The van der Waals surface area contributed by atoms with Crippen LogP contribution in [-0.4, -0.2) is 43.9 Å². The monoisotopic (exact) mass is 373 g/mol. The molecule has 9 heteroatoms. The number of aryl methyl sites for hydroxylation is 1. The average molecular weight is 373 g/mol. The van der Waals surface area contributed by atoms with E-state index in [0.29, 0.717) is 11.3 Å². The van der Waals surface area contributed by atoms with Crippen LogP contribution in [0.3, 0.4) is 0 Å². The van der Waals surface area contributed by atoms with E-state index in [9.17, 15) is 14.4 Å². The molecule has 9 nitrogen and oxygen atoms in total. The van der Waals surface area contributed by atoms with E-state index in [0.717, 1.165) is 5.56 Å². The molecule has 2 aromatic rings. The Kier molecular flexibility index (Phi) is 6.64. The lowest BCUT2D eigenvalue weighted by Gasteiger charge is -2.22. The first-order valence-corrected chi connectivity index (χ1v) is 8.53. The molecule has 2 amide bonds. The molecule has 0 aliphatic carbocycles. The number of aromatic nitrogens is 3. The minimum Gasteiger partial charge on any atom is -0.480 e. The van der Waals surface area contributed by atoms with Crippen molar-refractivity contribution in [3.63, 3.8) is 0 Å². The highest BCUT2D eigenvalue weighted by Crippen LogP contribution is 2.09. The molecule has 1 heterocycles. The van der Waals surface area contributed by atoms with Crippen molar-refractivity contribution in [2.24, 2.45) is 5.92 Å². The Bertz CT molecular complexity index is 831. The van der Waals surface area contributed by atoms with Gasteiger partial charge in [0.05, 0.1) is 12.7 Å². The van der Waals surface area contributed by atoms with Gasteiger partial charge in [0.2, 0.25) is 5.91 Å². The lowest BCUT2D eigenvalue weighted by molar-refractivity contribution is -0.138.